The predicted octanol–water partition coefficient (Wildman–Crippen LogP) is 4.46. The Morgan fingerprint density at radius 2 is 1.89 bits per heavy atom. The summed E-state index contributed by atoms with van der Waals surface area (Å²) in [4.78, 5) is 24.8. The largest absolute Gasteiger partial charge is 0.495 e. The van der Waals surface area contributed by atoms with E-state index in [1.54, 1.807) is 24.3 Å². The molecule has 0 saturated carbocycles. The number of pyridine rings is 1. The molecule has 2 aromatic carbocycles. The Bertz CT molecular complexity index is 1050. The van der Waals surface area contributed by atoms with Crippen molar-refractivity contribution in [3.63, 3.8) is 0 Å². The van der Waals surface area contributed by atoms with Gasteiger partial charge >= 0.3 is 0 Å². The van der Waals surface area contributed by atoms with Gasteiger partial charge in [-0.3, -0.25) is 9.59 Å². The van der Waals surface area contributed by atoms with Gasteiger partial charge in [-0.1, -0.05) is 41.4 Å². The summed E-state index contributed by atoms with van der Waals surface area (Å²) in [5, 5.41) is 3.78. The number of ether oxygens (including phenoxy) is 1. The lowest BCUT2D eigenvalue weighted by Crippen LogP contribution is -2.22. The summed E-state index contributed by atoms with van der Waals surface area (Å²) in [5.41, 5.74) is 1.32. The molecule has 5 nitrogen and oxygen atoms in total. The van der Waals surface area contributed by atoms with E-state index in [0.717, 1.165) is 5.56 Å². The number of amides is 1. The molecule has 1 aromatic heterocycles. The summed E-state index contributed by atoms with van der Waals surface area (Å²) in [5.74, 6) is 0.0978. The molecular weight excluding hydrogens is 387 g/mol. The fraction of sp³-hybridized carbons (Fsp3) is 0.100. The second-order valence-electron chi connectivity index (χ2n) is 5.77. The van der Waals surface area contributed by atoms with Crippen LogP contribution >= 0.6 is 23.2 Å². The Hall–Kier alpha value is -2.76. The lowest BCUT2D eigenvalue weighted by molar-refractivity contribution is 0.102. The Balaban J connectivity index is 1.87. The maximum atomic E-state index is 12.6. The third-order valence-electron chi connectivity index (χ3n) is 3.95. The molecule has 0 unspecified atom stereocenters. The average Bonchev–Trinajstić information content (AvgIpc) is 2.65. The van der Waals surface area contributed by atoms with Crippen molar-refractivity contribution in [1.82, 2.24) is 4.57 Å². The van der Waals surface area contributed by atoms with Crippen LogP contribution in [-0.4, -0.2) is 17.6 Å². The molecule has 1 amide bonds. The Morgan fingerprint density at radius 1 is 1.11 bits per heavy atom. The number of rotatable bonds is 5. The van der Waals surface area contributed by atoms with E-state index in [2.05, 4.69) is 5.32 Å². The van der Waals surface area contributed by atoms with Crippen LogP contribution in [0.15, 0.2) is 65.6 Å². The van der Waals surface area contributed by atoms with Crippen molar-refractivity contribution in [3.05, 3.63) is 92.3 Å². The highest BCUT2D eigenvalue weighted by Crippen LogP contribution is 2.28. The van der Waals surface area contributed by atoms with Crippen LogP contribution < -0.4 is 15.6 Å². The first kappa shape index (κ1) is 19.0. The van der Waals surface area contributed by atoms with E-state index in [4.69, 9.17) is 27.9 Å². The summed E-state index contributed by atoms with van der Waals surface area (Å²) in [6, 6.07) is 15.0. The lowest BCUT2D eigenvalue weighted by Gasteiger charge is -2.12. The van der Waals surface area contributed by atoms with Crippen molar-refractivity contribution >= 4 is 34.8 Å². The topological polar surface area (TPSA) is 60.3 Å². The summed E-state index contributed by atoms with van der Waals surface area (Å²) in [6.45, 7) is 0.264. The normalized spacial score (nSPS) is 10.5. The molecule has 0 aliphatic rings. The van der Waals surface area contributed by atoms with Gasteiger partial charge in [-0.2, -0.15) is 0 Å². The summed E-state index contributed by atoms with van der Waals surface area (Å²) >= 11 is 12.2. The minimum absolute atomic E-state index is 0.230. The quantitative estimate of drug-likeness (QED) is 0.684. The number of hydrogen-bond acceptors (Lipinski definition) is 3. The molecule has 7 heteroatoms. The highest BCUT2D eigenvalue weighted by molar-refractivity contribution is 6.31. The van der Waals surface area contributed by atoms with E-state index >= 15 is 0 Å². The standard InChI is InChI=1S/C20H16Cl2N2O3/c1-27-18-8-7-15(21)10-17(18)23-20(26)14-6-9-19(25)24(12-14)11-13-4-2-3-5-16(13)22/h2-10,12H,11H2,1H3,(H,23,26). The second-order valence-corrected chi connectivity index (χ2v) is 6.62. The molecule has 1 heterocycles. The van der Waals surface area contributed by atoms with Gasteiger partial charge in [0.1, 0.15) is 5.75 Å². The van der Waals surface area contributed by atoms with Crippen molar-refractivity contribution in [2.75, 3.05) is 12.4 Å². The molecule has 0 radical (unpaired) electrons. The van der Waals surface area contributed by atoms with Crippen LogP contribution in [0.5, 0.6) is 5.75 Å². The second kappa shape index (κ2) is 8.29. The smallest absolute Gasteiger partial charge is 0.257 e. The molecule has 0 aliphatic heterocycles. The number of carbonyl (C=O) groups is 1. The van der Waals surface area contributed by atoms with E-state index in [-0.39, 0.29) is 18.0 Å². The third-order valence-corrected chi connectivity index (χ3v) is 4.56. The molecule has 0 spiro atoms. The molecule has 0 aliphatic carbocycles. The van der Waals surface area contributed by atoms with Crippen LogP contribution in [0.1, 0.15) is 15.9 Å². The van der Waals surface area contributed by atoms with Gasteiger partial charge in [0.05, 0.1) is 24.9 Å². The minimum Gasteiger partial charge on any atom is -0.495 e. The van der Waals surface area contributed by atoms with Crippen LogP contribution in [0.25, 0.3) is 0 Å². The van der Waals surface area contributed by atoms with Crippen molar-refractivity contribution < 1.29 is 9.53 Å². The molecule has 3 rings (SSSR count). The number of carbonyl (C=O) groups excluding carboxylic acids is 1. The Kier molecular flexibility index (Phi) is 5.84. The van der Waals surface area contributed by atoms with Gasteiger partial charge < -0.3 is 14.6 Å². The van der Waals surface area contributed by atoms with Gasteiger partial charge in [0.2, 0.25) is 0 Å². The fourth-order valence-corrected chi connectivity index (χ4v) is 2.94. The van der Waals surface area contributed by atoms with Crippen molar-refractivity contribution in [2.24, 2.45) is 0 Å². The Labute approximate surface area is 166 Å². The number of nitrogens with one attached hydrogen (secondary N) is 1. The molecule has 0 saturated heterocycles. The molecule has 0 bridgehead atoms. The molecule has 138 valence electrons. The first-order chi connectivity index (χ1) is 13.0. The lowest BCUT2D eigenvalue weighted by atomic mass is 10.2. The van der Waals surface area contributed by atoms with Gasteiger partial charge in [0.15, 0.2) is 0 Å². The summed E-state index contributed by atoms with van der Waals surface area (Å²) < 4.78 is 6.66. The van der Waals surface area contributed by atoms with E-state index < -0.39 is 0 Å². The van der Waals surface area contributed by atoms with Crippen LogP contribution in [-0.2, 0) is 6.54 Å². The maximum absolute atomic E-state index is 12.6. The van der Waals surface area contributed by atoms with Gasteiger partial charge in [-0.05, 0) is 35.9 Å². The highest BCUT2D eigenvalue weighted by Gasteiger charge is 2.12. The van der Waals surface area contributed by atoms with Gasteiger partial charge in [0, 0.05) is 22.3 Å². The SMILES string of the molecule is COc1ccc(Cl)cc1NC(=O)c1ccc(=O)n(Cc2ccccc2Cl)c1. The number of nitrogens with zero attached hydrogens (tertiary/aromatic N) is 1. The third kappa shape index (κ3) is 4.51. The highest BCUT2D eigenvalue weighted by atomic mass is 35.5. The van der Waals surface area contributed by atoms with Crippen molar-refractivity contribution in [2.45, 2.75) is 6.54 Å². The van der Waals surface area contributed by atoms with Crippen LogP contribution in [0, 0.1) is 0 Å². The zero-order valence-corrected chi connectivity index (χ0v) is 15.9. The molecule has 3 aromatic rings. The van der Waals surface area contributed by atoms with E-state index in [9.17, 15) is 9.59 Å². The molecule has 27 heavy (non-hydrogen) atoms. The predicted molar refractivity (Wildman–Crippen MR) is 107 cm³/mol. The zero-order chi connectivity index (χ0) is 19.4. The van der Waals surface area contributed by atoms with Gasteiger partial charge in [-0.15, -0.1) is 0 Å². The monoisotopic (exact) mass is 402 g/mol. The maximum Gasteiger partial charge on any atom is 0.257 e. The number of halogens is 2. The van der Waals surface area contributed by atoms with Crippen LogP contribution in [0.4, 0.5) is 5.69 Å². The first-order valence-electron chi connectivity index (χ1n) is 8.06. The summed E-state index contributed by atoms with van der Waals surface area (Å²) in [7, 11) is 1.50. The van der Waals surface area contributed by atoms with Gasteiger partial charge in [0.25, 0.3) is 11.5 Å². The molecule has 0 atom stereocenters. The number of benzene rings is 2. The van der Waals surface area contributed by atoms with Gasteiger partial charge in [-0.25, -0.2) is 0 Å². The van der Waals surface area contributed by atoms with Crippen molar-refractivity contribution in [1.29, 1.82) is 0 Å². The molecule has 0 fully saturated rings. The summed E-state index contributed by atoms with van der Waals surface area (Å²) in [6.07, 6.45) is 1.50. The average molecular weight is 403 g/mol. The molecule has 1 N–H and O–H groups in total. The van der Waals surface area contributed by atoms with Crippen LogP contribution in [0.3, 0.4) is 0 Å². The van der Waals surface area contributed by atoms with E-state index in [0.29, 0.717) is 27.0 Å². The Morgan fingerprint density at radius 3 is 2.63 bits per heavy atom. The van der Waals surface area contributed by atoms with E-state index in [1.165, 1.54) is 30.0 Å². The van der Waals surface area contributed by atoms with Crippen molar-refractivity contribution in [3.8, 4) is 5.75 Å². The minimum atomic E-state index is -0.386. The zero-order valence-electron chi connectivity index (χ0n) is 14.4. The first-order valence-corrected chi connectivity index (χ1v) is 8.82. The van der Waals surface area contributed by atoms with Crippen LogP contribution in [0.2, 0.25) is 10.0 Å². The number of aromatic nitrogens is 1. The number of anilines is 1. The molecular formula is C20H16Cl2N2O3. The number of methoxy groups -OCH3 is 1. The number of hydrogen-bond donors (Lipinski definition) is 1. The fourth-order valence-electron chi connectivity index (χ4n) is 2.57. The van der Waals surface area contributed by atoms with E-state index in [1.807, 2.05) is 18.2 Å².